The van der Waals surface area contributed by atoms with Crippen LogP contribution in [0.2, 0.25) is 0 Å². The summed E-state index contributed by atoms with van der Waals surface area (Å²) in [6, 6.07) is 2.43. The van der Waals surface area contributed by atoms with Gasteiger partial charge in [-0.3, -0.25) is 25.6 Å². The van der Waals surface area contributed by atoms with Crippen molar-refractivity contribution in [3.63, 3.8) is 0 Å². The highest BCUT2D eigenvalue weighted by atomic mass is 19.1. The van der Waals surface area contributed by atoms with Gasteiger partial charge >= 0.3 is 0 Å². The molecule has 1 aromatic carbocycles. The van der Waals surface area contributed by atoms with Crippen molar-refractivity contribution in [2.24, 2.45) is 11.8 Å². The Labute approximate surface area is 194 Å². The third-order valence-electron chi connectivity index (χ3n) is 7.05. The van der Waals surface area contributed by atoms with Gasteiger partial charge in [0.25, 0.3) is 0 Å². The number of nitrogens with one attached hydrogen (secondary N) is 2. The Kier molecular flexibility index (Phi) is 7.67. The molecule has 1 unspecified atom stereocenters. The number of imide groups is 1. The number of hydrogen-bond acceptors (Lipinski definition) is 8. The fraction of sp³-hybridized carbons (Fsp3) is 0.652. The summed E-state index contributed by atoms with van der Waals surface area (Å²) < 4.78 is 20.5. The number of ether oxygens (including phenoxy) is 1. The standard InChI is InChI=1S/C23H35FN6O3/c1-33-21-15-19(26-18-2-3-22(31)27-23(18)32)17(24)14-20(21)29-12-10-28(11-13-29)7-4-16-5-8-30(25)9-6-16/h14-16,18,26H,2-13,25H2,1H3,(H,27,31,32). The summed E-state index contributed by atoms with van der Waals surface area (Å²) in [7, 11) is 1.56. The number of carbonyl (C=O) groups excluding carboxylic acids is 2. The maximum atomic E-state index is 14.9. The molecule has 4 N–H and O–H groups in total. The van der Waals surface area contributed by atoms with Crippen molar-refractivity contribution in [2.45, 2.75) is 38.1 Å². The quantitative estimate of drug-likeness (QED) is 0.410. The van der Waals surface area contributed by atoms with E-state index in [9.17, 15) is 14.0 Å². The molecule has 3 saturated heterocycles. The Morgan fingerprint density at radius 3 is 2.52 bits per heavy atom. The number of rotatable bonds is 7. The molecule has 3 aliphatic rings. The van der Waals surface area contributed by atoms with E-state index < -0.39 is 17.8 Å². The van der Waals surface area contributed by atoms with E-state index in [2.05, 4.69) is 20.4 Å². The monoisotopic (exact) mass is 462 g/mol. The second-order valence-corrected chi connectivity index (χ2v) is 9.25. The molecule has 0 aliphatic carbocycles. The van der Waals surface area contributed by atoms with Crippen LogP contribution in [-0.2, 0) is 9.59 Å². The highest BCUT2D eigenvalue weighted by molar-refractivity contribution is 6.01. The minimum absolute atomic E-state index is 0.201. The summed E-state index contributed by atoms with van der Waals surface area (Å²) in [5.41, 5.74) is 0.922. The first kappa shape index (κ1) is 23.7. The Bertz CT molecular complexity index is 853. The molecule has 0 spiro atoms. The predicted octanol–water partition coefficient (Wildman–Crippen LogP) is 1.15. The van der Waals surface area contributed by atoms with Crippen LogP contribution in [0.1, 0.15) is 32.1 Å². The third-order valence-corrected chi connectivity index (χ3v) is 7.05. The summed E-state index contributed by atoms with van der Waals surface area (Å²) in [5, 5.41) is 7.12. The lowest BCUT2D eigenvalue weighted by molar-refractivity contribution is -0.133. The number of nitrogens with zero attached hydrogens (tertiary/aromatic N) is 3. The van der Waals surface area contributed by atoms with Crippen molar-refractivity contribution < 1.29 is 18.7 Å². The summed E-state index contributed by atoms with van der Waals surface area (Å²) >= 11 is 0. The average molecular weight is 463 g/mol. The Balaban J connectivity index is 1.33. The molecule has 0 saturated carbocycles. The molecule has 0 aromatic heterocycles. The summed E-state index contributed by atoms with van der Waals surface area (Å²) in [6.07, 6.45) is 4.11. The lowest BCUT2D eigenvalue weighted by Crippen LogP contribution is -2.47. The Morgan fingerprint density at radius 2 is 1.85 bits per heavy atom. The highest BCUT2D eigenvalue weighted by Gasteiger charge is 2.28. The third kappa shape index (κ3) is 5.93. The normalized spacial score (nSPS) is 23.5. The van der Waals surface area contributed by atoms with Crippen molar-refractivity contribution in [3.05, 3.63) is 17.9 Å². The van der Waals surface area contributed by atoms with Crippen molar-refractivity contribution in [3.8, 4) is 5.75 Å². The van der Waals surface area contributed by atoms with Crippen molar-refractivity contribution in [1.29, 1.82) is 0 Å². The number of benzene rings is 1. The molecule has 1 atom stereocenters. The number of hydrogen-bond donors (Lipinski definition) is 3. The van der Waals surface area contributed by atoms with Crippen LogP contribution in [0, 0.1) is 11.7 Å². The number of piperidine rings is 2. The zero-order chi connectivity index (χ0) is 23.4. The summed E-state index contributed by atoms with van der Waals surface area (Å²) in [5.74, 6) is 6.00. The van der Waals surface area contributed by atoms with Crippen LogP contribution < -0.4 is 26.1 Å². The molecule has 3 aliphatic heterocycles. The Hall–Kier alpha value is -2.43. The minimum Gasteiger partial charge on any atom is -0.495 e. The fourth-order valence-electron chi connectivity index (χ4n) is 4.90. The molecule has 9 nitrogen and oxygen atoms in total. The van der Waals surface area contributed by atoms with Crippen LogP contribution >= 0.6 is 0 Å². The molecule has 2 amide bonds. The zero-order valence-corrected chi connectivity index (χ0v) is 19.3. The van der Waals surface area contributed by atoms with Gasteiger partial charge in [0.15, 0.2) is 0 Å². The van der Waals surface area contributed by atoms with Gasteiger partial charge in [0.2, 0.25) is 11.8 Å². The van der Waals surface area contributed by atoms with Crippen LogP contribution in [-0.4, -0.2) is 80.7 Å². The molecule has 1 aromatic rings. The molecule has 0 bridgehead atoms. The van der Waals surface area contributed by atoms with Gasteiger partial charge in [-0.05, 0) is 38.1 Å². The van der Waals surface area contributed by atoms with E-state index in [0.29, 0.717) is 12.2 Å². The SMILES string of the molecule is COc1cc(NC2CCC(=O)NC2=O)c(F)cc1N1CCN(CCC2CCN(N)CC2)CC1. The van der Waals surface area contributed by atoms with Gasteiger partial charge < -0.3 is 15.0 Å². The van der Waals surface area contributed by atoms with Crippen molar-refractivity contribution in [1.82, 2.24) is 15.2 Å². The summed E-state index contributed by atoms with van der Waals surface area (Å²) in [6.45, 7) is 6.52. The van der Waals surface area contributed by atoms with E-state index in [1.165, 1.54) is 25.3 Å². The van der Waals surface area contributed by atoms with E-state index in [1.807, 2.05) is 5.01 Å². The Morgan fingerprint density at radius 1 is 1.12 bits per heavy atom. The number of hydrazine groups is 1. The molecule has 3 fully saturated rings. The number of methoxy groups -OCH3 is 1. The van der Waals surface area contributed by atoms with Gasteiger partial charge in [0.05, 0.1) is 18.5 Å². The largest absolute Gasteiger partial charge is 0.495 e. The lowest BCUT2D eigenvalue weighted by atomic mass is 9.94. The van der Waals surface area contributed by atoms with Crippen LogP contribution in [0.4, 0.5) is 15.8 Å². The average Bonchev–Trinajstić information content (AvgIpc) is 2.82. The van der Waals surface area contributed by atoms with Crippen LogP contribution in [0.25, 0.3) is 0 Å². The number of halogens is 1. The number of piperazine rings is 1. The van der Waals surface area contributed by atoms with Gasteiger partial charge in [-0.2, -0.15) is 0 Å². The molecule has 0 radical (unpaired) electrons. The van der Waals surface area contributed by atoms with Crippen LogP contribution in [0.3, 0.4) is 0 Å². The maximum absolute atomic E-state index is 14.9. The number of nitrogens with two attached hydrogens (primary N) is 1. The van der Waals surface area contributed by atoms with Gasteiger partial charge in [0.1, 0.15) is 17.6 Å². The van der Waals surface area contributed by atoms with Crippen molar-refractivity contribution in [2.75, 3.05) is 63.1 Å². The van der Waals surface area contributed by atoms with Gasteiger partial charge in [-0.15, -0.1) is 0 Å². The first-order valence-electron chi connectivity index (χ1n) is 11.9. The molecular weight excluding hydrogens is 427 g/mol. The molecule has 33 heavy (non-hydrogen) atoms. The number of carbonyl (C=O) groups is 2. The maximum Gasteiger partial charge on any atom is 0.249 e. The van der Waals surface area contributed by atoms with Gasteiger partial charge in [-0.1, -0.05) is 0 Å². The molecule has 182 valence electrons. The highest BCUT2D eigenvalue weighted by Crippen LogP contribution is 2.35. The number of amides is 2. The zero-order valence-electron chi connectivity index (χ0n) is 19.3. The lowest BCUT2D eigenvalue weighted by Gasteiger charge is -2.38. The molecule has 10 heteroatoms. The second-order valence-electron chi connectivity index (χ2n) is 9.25. The molecule has 4 rings (SSSR count). The van der Waals surface area contributed by atoms with Crippen molar-refractivity contribution >= 4 is 23.2 Å². The smallest absolute Gasteiger partial charge is 0.249 e. The van der Waals surface area contributed by atoms with E-state index in [4.69, 9.17) is 10.6 Å². The predicted molar refractivity (Wildman–Crippen MR) is 125 cm³/mol. The topological polar surface area (TPSA) is 103 Å². The fourth-order valence-corrected chi connectivity index (χ4v) is 4.90. The van der Waals surface area contributed by atoms with E-state index in [-0.39, 0.29) is 18.0 Å². The van der Waals surface area contributed by atoms with E-state index in [0.717, 1.165) is 57.4 Å². The van der Waals surface area contributed by atoms with E-state index in [1.54, 1.807) is 13.2 Å². The molecular formula is C23H35FN6O3. The molecule has 3 heterocycles. The van der Waals surface area contributed by atoms with E-state index >= 15 is 0 Å². The van der Waals surface area contributed by atoms with Gasteiger partial charge in [-0.25, -0.2) is 9.40 Å². The second kappa shape index (κ2) is 10.7. The van der Waals surface area contributed by atoms with Crippen LogP contribution in [0.5, 0.6) is 5.75 Å². The first-order valence-corrected chi connectivity index (χ1v) is 11.9. The van der Waals surface area contributed by atoms with Crippen LogP contribution in [0.15, 0.2) is 12.1 Å². The van der Waals surface area contributed by atoms with Gasteiger partial charge in [0, 0.05) is 57.8 Å². The number of anilines is 2. The first-order chi connectivity index (χ1) is 15.9. The minimum atomic E-state index is -0.645. The summed E-state index contributed by atoms with van der Waals surface area (Å²) in [4.78, 5) is 28.0.